The van der Waals surface area contributed by atoms with Crippen molar-refractivity contribution in [3.05, 3.63) is 83.0 Å². The van der Waals surface area contributed by atoms with E-state index in [0.717, 1.165) is 23.5 Å². The first-order chi connectivity index (χ1) is 14.9. The Morgan fingerprint density at radius 3 is 2.13 bits per heavy atom. The van der Waals surface area contributed by atoms with Crippen LogP contribution in [-0.4, -0.2) is 18.0 Å². The molecule has 6 nitrogen and oxygen atoms in total. The van der Waals surface area contributed by atoms with Gasteiger partial charge in [0.05, 0.1) is 17.9 Å². The number of amides is 1. The van der Waals surface area contributed by atoms with Gasteiger partial charge in [-0.2, -0.15) is 0 Å². The lowest BCUT2D eigenvalue weighted by molar-refractivity contribution is 0.0951. The maximum Gasteiger partial charge on any atom is 0.255 e. The number of ether oxygens (including phenoxy) is 2. The predicted octanol–water partition coefficient (Wildman–Crippen LogP) is 4.73. The van der Waals surface area contributed by atoms with E-state index in [-0.39, 0.29) is 11.7 Å². The third-order valence-electron chi connectivity index (χ3n) is 4.70. The molecule has 0 saturated carbocycles. The van der Waals surface area contributed by atoms with E-state index in [4.69, 9.17) is 15.2 Å². The van der Waals surface area contributed by atoms with Crippen molar-refractivity contribution in [1.29, 1.82) is 0 Å². The van der Waals surface area contributed by atoms with E-state index in [1.807, 2.05) is 36.4 Å². The summed E-state index contributed by atoms with van der Waals surface area (Å²) in [4.78, 5) is 16.6. The second-order valence-corrected chi connectivity index (χ2v) is 7.84. The first-order valence-electron chi connectivity index (χ1n) is 10.3. The van der Waals surface area contributed by atoms with Crippen LogP contribution in [0.25, 0.3) is 0 Å². The largest absolute Gasteiger partial charge is 0.457 e. The van der Waals surface area contributed by atoms with Crippen molar-refractivity contribution in [3.63, 3.8) is 0 Å². The number of carbonyl (C=O) groups excluding carboxylic acids is 1. The summed E-state index contributed by atoms with van der Waals surface area (Å²) in [5.74, 6) is 2.09. The molecule has 0 spiro atoms. The van der Waals surface area contributed by atoms with Crippen molar-refractivity contribution < 1.29 is 14.3 Å². The highest BCUT2D eigenvalue weighted by atomic mass is 16.5. The minimum atomic E-state index is -0.268. The standard InChI is InChI=1S/C25H29N3O3/c1-17(2)14-18-4-9-21(10-5-18)31-22-11-6-19(7-12-22)15-27-25(29)23-13-8-20(16-30-3)28-24(23)26/h4-13,17H,14-16H2,1-3H3,(H2,26,28)(H,27,29). The maximum atomic E-state index is 12.4. The summed E-state index contributed by atoms with van der Waals surface area (Å²) in [6.07, 6.45) is 1.06. The topological polar surface area (TPSA) is 86.5 Å². The van der Waals surface area contributed by atoms with Gasteiger partial charge in [-0.05, 0) is 59.9 Å². The van der Waals surface area contributed by atoms with E-state index >= 15 is 0 Å². The van der Waals surface area contributed by atoms with E-state index in [0.29, 0.717) is 30.3 Å². The number of anilines is 1. The molecular weight excluding hydrogens is 390 g/mol. The molecule has 0 radical (unpaired) electrons. The Morgan fingerprint density at radius 1 is 0.968 bits per heavy atom. The Labute approximate surface area is 183 Å². The fraction of sp³-hybridized carbons (Fsp3) is 0.280. The molecule has 0 aliphatic heterocycles. The van der Waals surface area contributed by atoms with E-state index in [2.05, 4.69) is 36.3 Å². The zero-order chi connectivity index (χ0) is 22.2. The van der Waals surface area contributed by atoms with E-state index in [9.17, 15) is 4.79 Å². The Bertz CT molecular complexity index is 1000. The summed E-state index contributed by atoms with van der Waals surface area (Å²) in [6.45, 7) is 5.14. The van der Waals surface area contributed by atoms with E-state index in [1.165, 1.54) is 5.56 Å². The zero-order valence-electron chi connectivity index (χ0n) is 18.2. The fourth-order valence-corrected chi connectivity index (χ4v) is 3.19. The lowest BCUT2D eigenvalue weighted by Gasteiger charge is -2.10. The lowest BCUT2D eigenvalue weighted by atomic mass is 10.0. The molecule has 0 unspecified atom stereocenters. The summed E-state index contributed by atoms with van der Waals surface area (Å²) >= 11 is 0. The Hall–Kier alpha value is -3.38. The molecule has 162 valence electrons. The van der Waals surface area contributed by atoms with Crippen LogP contribution in [0.2, 0.25) is 0 Å². The molecule has 3 N–H and O–H groups in total. The number of hydrogen-bond acceptors (Lipinski definition) is 5. The molecule has 0 aliphatic carbocycles. The van der Waals surface area contributed by atoms with Crippen LogP contribution in [0.15, 0.2) is 60.7 Å². The fourth-order valence-electron chi connectivity index (χ4n) is 3.19. The molecule has 1 aromatic heterocycles. The third kappa shape index (κ3) is 6.55. The summed E-state index contributed by atoms with van der Waals surface area (Å²) in [5.41, 5.74) is 9.19. The minimum absolute atomic E-state index is 0.190. The van der Waals surface area contributed by atoms with Crippen molar-refractivity contribution in [2.24, 2.45) is 5.92 Å². The molecule has 3 rings (SSSR count). The number of rotatable bonds is 9. The van der Waals surface area contributed by atoms with Gasteiger partial charge in [0, 0.05) is 13.7 Å². The number of nitrogens with zero attached hydrogens (tertiary/aromatic N) is 1. The van der Waals surface area contributed by atoms with Gasteiger partial charge in [0.25, 0.3) is 5.91 Å². The Morgan fingerprint density at radius 2 is 1.58 bits per heavy atom. The van der Waals surface area contributed by atoms with Crippen LogP contribution < -0.4 is 15.8 Å². The van der Waals surface area contributed by atoms with Gasteiger partial charge < -0.3 is 20.5 Å². The normalized spacial score (nSPS) is 10.8. The Balaban J connectivity index is 1.54. The number of aromatic nitrogens is 1. The second-order valence-electron chi connectivity index (χ2n) is 7.84. The highest BCUT2D eigenvalue weighted by molar-refractivity contribution is 5.98. The third-order valence-corrected chi connectivity index (χ3v) is 4.70. The molecule has 1 amide bonds. The molecule has 0 atom stereocenters. The highest BCUT2D eigenvalue weighted by Gasteiger charge is 2.11. The number of nitrogen functional groups attached to an aromatic ring is 1. The van der Waals surface area contributed by atoms with Crippen molar-refractivity contribution in [2.45, 2.75) is 33.4 Å². The zero-order valence-corrected chi connectivity index (χ0v) is 18.2. The van der Waals surface area contributed by atoms with Gasteiger partial charge in [0.15, 0.2) is 0 Å². The Kier molecular flexibility index (Phi) is 7.62. The molecule has 1 heterocycles. The van der Waals surface area contributed by atoms with Gasteiger partial charge in [0.2, 0.25) is 0 Å². The van der Waals surface area contributed by atoms with Crippen molar-refractivity contribution in [2.75, 3.05) is 12.8 Å². The van der Waals surface area contributed by atoms with Gasteiger partial charge in [0.1, 0.15) is 17.3 Å². The van der Waals surface area contributed by atoms with Crippen LogP contribution in [0, 0.1) is 5.92 Å². The number of pyridine rings is 1. The van der Waals surface area contributed by atoms with Crippen molar-refractivity contribution >= 4 is 11.7 Å². The van der Waals surface area contributed by atoms with Crippen molar-refractivity contribution in [3.8, 4) is 11.5 Å². The number of hydrogen-bond donors (Lipinski definition) is 2. The molecule has 0 bridgehead atoms. The quantitative estimate of drug-likeness (QED) is 0.524. The van der Waals surface area contributed by atoms with Gasteiger partial charge in [-0.3, -0.25) is 4.79 Å². The average Bonchev–Trinajstić information content (AvgIpc) is 2.74. The maximum absolute atomic E-state index is 12.4. The SMILES string of the molecule is COCc1ccc(C(=O)NCc2ccc(Oc3ccc(CC(C)C)cc3)cc2)c(N)n1. The molecule has 0 saturated heterocycles. The number of nitrogens with two attached hydrogens (primary N) is 1. The molecule has 0 fully saturated rings. The van der Waals surface area contributed by atoms with Crippen LogP contribution in [-0.2, 0) is 24.3 Å². The molecule has 2 aromatic carbocycles. The van der Waals surface area contributed by atoms with E-state index < -0.39 is 0 Å². The molecular formula is C25H29N3O3. The van der Waals surface area contributed by atoms with Gasteiger partial charge >= 0.3 is 0 Å². The first-order valence-corrected chi connectivity index (χ1v) is 10.3. The van der Waals surface area contributed by atoms with Crippen LogP contribution in [0.4, 0.5) is 5.82 Å². The van der Waals surface area contributed by atoms with E-state index in [1.54, 1.807) is 19.2 Å². The van der Waals surface area contributed by atoms with Crippen LogP contribution in [0.3, 0.4) is 0 Å². The van der Waals surface area contributed by atoms with Gasteiger partial charge in [-0.25, -0.2) is 4.98 Å². The van der Waals surface area contributed by atoms with Gasteiger partial charge in [-0.1, -0.05) is 38.1 Å². The number of carbonyl (C=O) groups is 1. The van der Waals surface area contributed by atoms with Gasteiger partial charge in [-0.15, -0.1) is 0 Å². The lowest BCUT2D eigenvalue weighted by Crippen LogP contribution is -2.24. The van der Waals surface area contributed by atoms with Crippen LogP contribution in [0.5, 0.6) is 11.5 Å². The molecule has 0 aliphatic rings. The number of nitrogens with one attached hydrogen (secondary N) is 1. The molecule has 6 heteroatoms. The number of methoxy groups -OCH3 is 1. The summed E-state index contributed by atoms with van der Waals surface area (Å²) in [6, 6.07) is 19.2. The second kappa shape index (κ2) is 10.6. The van der Waals surface area contributed by atoms with Crippen LogP contribution in [0.1, 0.15) is 41.0 Å². The monoisotopic (exact) mass is 419 g/mol. The number of benzene rings is 2. The smallest absolute Gasteiger partial charge is 0.255 e. The average molecular weight is 420 g/mol. The molecule has 3 aromatic rings. The van der Waals surface area contributed by atoms with Crippen molar-refractivity contribution in [1.82, 2.24) is 10.3 Å². The predicted molar refractivity (Wildman–Crippen MR) is 122 cm³/mol. The highest BCUT2D eigenvalue weighted by Crippen LogP contribution is 2.23. The molecule has 31 heavy (non-hydrogen) atoms. The summed E-state index contributed by atoms with van der Waals surface area (Å²) in [7, 11) is 1.58. The summed E-state index contributed by atoms with van der Waals surface area (Å²) < 4.78 is 10.9. The summed E-state index contributed by atoms with van der Waals surface area (Å²) in [5, 5.41) is 2.87. The van der Waals surface area contributed by atoms with Crippen LogP contribution >= 0.6 is 0 Å². The minimum Gasteiger partial charge on any atom is -0.457 e. The first kappa shape index (κ1) is 22.3.